The van der Waals surface area contributed by atoms with Crippen LogP contribution < -0.4 is 4.74 Å². The van der Waals surface area contributed by atoms with E-state index in [4.69, 9.17) is 9.47 Å². The average molecular weight is 574 g/mol. The Morgan fingerprint density at radius 3 is 2.53 bits per heavy atom. The molecule has 0 amide bonds. The fourth-order valence-electron chi connectivity index (χ4n) is 2.91. The molecule has 0 saturated carbocycles. The molecule has 0 aliphatic carbocycles. The van der Waals surface area contributed by atoms with E-state index in [1.165, 1.54) is 5.56 Å². The molecule has 4 rings (SSSR count). The number of cyclic esters (lactones) is 1. The van der Waals surface area contributed by atoms with Gasteiger partial charge in [0, 0.05) is 20.0 Å². The summed E-state index contributed by atoms with van der Waals surface area (Å²) in [6, 6.07) is 23.5. The summed E-state index contributed by atoms with van der Waals surface area (Å²) < 4.78 is 13.2. The maximum atomic E-state index is 12.2. The molecule has 0 N–H and O–H groups in total. The number of carbonyl (C=O) groups excluding carboxylic acids is 1. The molecule has 1 aliphatic heterocycles. The summed E-state index contributed by atoms with van der Waals surface area (Å²) in [6.45, 7) is 0.607. The SMILES string of the molecule is O=C1OC(c2ccc(I)c(Br)c2)=N/C1=C\c1ccc(OCCc2ccccc2)cc1. The minimum absolute atomic E-state index is 0.275. The van der Waals surface area contributed by atoms with Crippen molar-refractivity contribution >= 4 is 56.5 Å². The van der Waals surface area contributed by atoms with Gasteiger partial charge in [-0.25, -0.2) is 9.79 Å². The second-order valence-corrected chi connectivity index (χ2v) is 8.63. The topological polar surface area (TPSA) is 47.9 Å². The Labute approximate surface area is 196 Å². The van der Waals surface area contributed by atoms with Crippen LogP contribution in [-0.2, 0) is 16.0 Å². The molecule has 0 fully saturated rings. The van der Waals surface area contributed by atoms with Gasteiger partial charge in [-0.15, -0.1) is 0 Å². The van der Waals surface area contributed by atoms with Gasteiger partial charge in [-0.05, 0) is 86.1 Å². The van der Waals surface area contributed by atoms with Crippen molar-refractivity contribution in [2.45, 2.75) is 6.42 Å². The zero-order chi connectivity index (χ0) is 20.9. The highest BCUT2D eigenvalue weighted by molar-refractivity contribution is 14.1. The Balaban J connectivity index is 1.42. The predicted octanol–water partition coefficient (Wildman–Crippen LogP) is 6.02. The first-order valence-corrected chi connectivity index (χ1v) is 11.2. The molecule has 1 aliphatic rings. The second-order valence-electron chi connectivity index (χ2n) is 6.62. The van der Waals surface area contributed by atoms with Gasteiger partial charge in [0.15, 0.2) is 5.70 Å². The van der Waals surface area contributed by atoms with E-state index in [9.17, 15) is 4.79 Å². The third-order valence-corrected chi connectivity index (χ3v) is 6.81. The summed E-state index contributed by atoms with van der Waals surface area (Å²) in [6.07, 6.45) is 2.56. The molecule has 0 aromatic heterocycles. The number of esters is 1. The largest absolute Gasteiger partial charge is 0.493 e. The van der Waals surface area contributed by atoms with E-state index < -0.39 is 5.97 Å². The van der Waals surface area contributed by atoms with Gasteiger partial charge in [0.1, 0.15) is 5.75 Å². The summed E-state index contributed by atoms with van der Waals surface area (Å²) in [5.41, 5.74) is 3.12. The van der Waals surface area contributed by atoms with Crippen molar-refractivity contribution in [3.63, 3.8) is 0 Å². The molecule has 30 heavy (non-hydrogen) atoms. The molecule has 150 valence electrons. The molecule has 0 atom stereocenters. The fraction of sp³-hybridized carbons (Fsp3) is 0.0833. The lowest BCUT2D eigenvalue weighted by molar-refractivity contribution is -0.129. The van der Waals surface area contributed by atoms with Gasteiger partial charge < -0.3 is 9.47 Å². The van der Waals surface area contributed by atoms with Gasteiger partial charge in [0.2, 0.25) is 5.90 Å². The van der Waals surface area contributed by atoms with Gasteiger partial charge in [0.05, 0.1) is 6.61 Å². The lowest BCUT2D eigenvalue weighted by atomic mass is 10.1. The normalized spacial score (nSPS) is 14.5. The number of carbonyl (C=O) groups is 1. The van der Waals surface area contributed by atoms with Crippen LogP contribution in [0.15, 0.2) is 88.0 Å². The molecule has 1 heterocycles. The number of benzene rings is 3. The van der Waals surface area contributed by atoms with Gasteiger partial charge in [-0.3, -0.25) is 0 Å². The Kier molecular flexibility index (Phi) is 6.64. The predicted molar refractivity (Wildman–Crippen MR) is 130 cm³/mol. The Bertz CT molecular complexity index is 1120. The van der Waals surface area contributed by atoms with Crippen molar-refractivity contribution in [2.24, 2.45) is 4.99 Å². The average Bonchev–Trinajstić information content (AvgIpc) is 3.12. The second kappa shape index (κ2) is 9.57. The highest BCUT2D eigenvalue weighted by atomic mass is 127. The first-order valence-electron chi connectivity index (χ1n) is 9.33. The van der Waals surface area contributed by atoms with Gasteiger partial charge in [-0.1, -0.05) is 42.5 Å². The molecule has 0 radical (unpaired) electrons. The number of hydrogen-bond donors (Lipinski definition) is 0. The molecule has 0 spiro atoms. The van der Waals surface area contributed by atoms with Crippen molar-refractivity contribution in [2.75, 3.05) is 6.61 Å². The zero-order valence-electron chi connectivity index (χ0n) is 15.8. The molecule has 4 nitrogen and oxygen atoms in total. The lowest BCUT2D eigenvalue weighted by Gasteiger charge is -2.06. The van der Waals surface area contributed by atoms with Crippen LogP contribution in [0.4, 0.5) is 0 Å². The number of rotatable bonds is 6. The maximum Gasteiger partial charge on any atom is 0.363 e. The summed E-state index contributed by atoms with van der Waals surface area (Å²) in [4.78, 5) is 16.6. The van der Waals surface area contributed by atoms with Crippen molar-refractivity contribution in [3.05, 3.63) is 103 Å². The van der Waals surface area contributed by atoms with Gasteiger partial charge in [-0.2, -0.15) is 0 Å². The number of halogens is 2. The van der Waals surface area contributed by atoms with Crippen LogP contribution >= 0.6 is 38.5 Å². The van der Waals surface area contributed by atoms with Crippen LogP contribution in [0.25, 0.3) is 6.08 Å². The van der Waals surface area contributed by atoms with Gasteiger partial charge >= 0.3 is 5.97 Å². The Hall–Kier alpha value is -2.45. The van der Waals surface area contributed by atoms with E-state index in [-0.39, 0.29) is 5.70 Å². The molecule has 0 saturated heterocycles. The third-order valence-electron chi connectivity index (χ3n) is 4.47. The van der Waals surface area contributed by atoms with Crippen molar-refractivity contribution in [3.8, 4) is 5.75 Å². The van der Waals surface area contributed by atoms with Crippen LogP contribution in [0.5, 0.6) is 5.75 Å². The highest BCUT2D eigenvalue weighted by Crippen LogP contribution is 2.24. The number of aliphatic imine (C=N–C) groups is 1. The molecule has 0 unspecified atom stereocenters. The minimum atomic E-state index is -0.456. The van der Waals surface area contributed by atoms with Crippen LogP contribution in [0.3, 0.4) is 0 Å². The maximum absolute atomic E-state index is 12.2. The molecule has 6 heteroatoms. The van der Waals surface area contributed by atoms with Gasteiger partial charge in [0.25, 0.3) is 0 Å². The third kappa shape index (κ3) is 5.17. The van der Waals surface area contributed by atoms with Crippen LogP contribution in [0, 0.1) is 3.57 Å². The molecule has 3 aromatic carbocycles. The summed E-state index contributed by atoms with van der Waals surface area (Å²) in [5.74, 6) is 0.641. The highest BCUT2D eigenvalue weighted by Gasteiger charge is 2.24. The summed E-state index contributed by atoms with van der Waals surface area (Å²) in [7, 11) is 0. The molecule has 3 aromatic rings. The van der Waals surface area contributed by atoms with E-state index in [0.717, 1.165) is 31.3 Å². The standard InChI is InChI=1S/C24H17BrINO3/c25-20-15-18(8-11-21(20)26)23-27-22(24(28)30-23)14-17-6-9-19(10-7-17)29-13-12-16-4-2-1-3-5-16/h1-11,14-15H,12-13H2/b22-14-. The fourth-order valence-corrected chi connectivity index (χ4v) is 3.63. The minimum Gasteiger partial charge on any atom is -0.493 e. The van der Waals surface area contributed by atoms with Crippen molar-refractivity contribution < 1.29 is 14.3 Å². The smallest absolute Gasteiger partial charge is 0.363 e. The van der Waals surface area contributed by atoms with Crippen LogP contribution in [0.2, 0.25) is 0 Å². The first-order chi connectivity index (χ1) is 14.6. The van der Waals surface area contributed by atoms with Crippen LogP contribution in [-0.4, -0.2) is 18.5 Å². The monoisotopic (exact) mass is 573 g/mol. The summed E-state index contributed by atoms with van der Waals surface area (Å²) >= 11 is 5.71. The van der Waals surface area contributed by atoms with E-state index in [0.29, 0.717) is 12.5 Å². The van der Waals surface area contributed by atoms with Crippen LogP contribution in [0.1, 0.15) is 16.7 Å². The Morgan fingerprint density at radius 2 is 1.80 bits per heavy atom. The zero-order valence-corrected chi connectivity index (χ0v) is 19.6. The number of ether oxygens (including phenoxy) is 2. The first kappa shape index (κ1) is 20.8. The lowest BCUT2D eigenvalue weighted by Crippen LogP contribution is -2.05. The van der Waals surface area contributed by atoms with E-state index >= 15 is 0 Å². The summed E-state index contributed by atoms with van der Waals surface area (Å²) in [5, 5.41) is 0. The number of nitrogens with zero attached hydrogens (tertiary/aromatic N) is 1. The number of hydrogen-bond acceptors (Lipinski definition) is 4. The Morgan fingerprint density at radius 1 is 1.03 bits per heavy atom. The molecule has 0 bridgehead atoms. The van der Waals surface area contributed by atoms with E-state index in [2.05, 4.69) is 55.6 Å². The van der Waals surface area contributed by atoms with Crippen molar-refractivity contribution in [1.82, 2.24) is 0 Å². The quantitative estimate of drug-likeness (QED) is 0.206. The molecular weight excluding hydrogens is 557 g/mol. The van der Waals surface area contributed by atoms with Crippen molar-refractivity contribution in [1.29, 1.82) is 0 Å². The van der Waals surface area contributed by atoms with E-state index in [1.54, 1.807) is 6.08 Å². The molecular formula is C24H17BrINO3. The van der Waals surface area contributed by atoms with E-state index in [1.807, 2.05) is 60.7 Å².